The molecule has 8 heteroatoms. The summed E-state index contributed by atoms with van der Waals surface area (Å²) in [5, 5.41) is 0.490. The summed E-state index contributed by atoms with van der Waals surface area (Å²) in [5.41, 5.74) is 6.10. The molecule has 1 fully saturated rings. The Hall–Kier alpha value is 0.0200. The minimum atomic E-state index is -3.63. The van der Waals surface area contributed by atoms with E-state index in [-0.39, 0.29) is 16.5 Å². The maximum Gasteiger partial charge on any atom is 0.242 e. The van der Waals surface area contributed by atoms with Gasteiger partial charge in [0.05, 0.1) is 5.02 Å². The summed E-state index contributed by atoms with van der Waals surface area (Å²) in [7, 11) is -3.63. The summed E-state index contributed by atoms with van der Waals surface area (Å²) >= 11 is 13.8. The van der Waals surface area contributed by atoms with Crippen molar-refractivity contribution >= 4 is 45.0 Å². The third-order valence-corrected chi connectivity index (χ3v) is 6.67. The zero-order valence-electron chi connectivity index (χ0n) is 10.7. The third kappa shape index (κ3) is 3.81. The summed E-state index contributed by atoms with van der Waals surface area (Å²) in [6.07, 6.45) is 1.04. The van der Waals surface area contributed by atoms with Gasteiger partial charge < -0.3 is 5.73 Å². The molecule has 1 unspecified atom stereocenters. The van der Waals surface area contributed by atoms with Crippen molar-refractivity contribution in [3.05, 3.63) is 27.7 Å². The standard InChI is InChI=1S/C12H16Cl2N2O2S2/c13-10-4-11(14)12(3-9(10)5-15)20(17,18)16-6-8-1-2-19-7-8/h3-4,8,16H,1-2,5-7,15H2. The molecule has 3 N–H and O–H groups in total. The first-order valence-electron chi connectivity index (χ1n) is 6.19. The number of hydrogen-bond donors (Lipinski definition) is 2. The highest BCUT2D eigenvalue weighted by atomic mass is 35.5. The molecule has 112 valence electrons. The van der Waals surface area contributed by atoms with Gasteiger partial charge in [0.25, 0.3) is 0 Å². The third-order valence-electron chi connectivity index (χ3n) is 3.20. The monoisotopic (exact) mass is 354 g/mol. The Morgan fingerprint density at radius 1 is 1.35 bits per heavy atom. The highest BCUT2D eigenvalue weighted by Gasteiger charge is 2.23. The Bertz CT molecular complexity index is 587. The van der Waals surface area contributed by atoms with Crippen molar-refractivity contribution in [3.63, 3.8) is 0 Å². The predicted molar refractivity (Wildman–Crippen MR) is 85.0 cm³/mol. The van der Waals surface area contributed by atoms with Crippen molar-refractivity contribution in [2.24, 2.45) is 11.7 Å². The first-order chi connectivity index (χ1) is 9.44. The molecule has 20 heavy (non-hydrogen) atoms. The van der Waals surface area contributed by atoms with E-state index >= 15 is 0 Å². The number of benzene rings is 1. The fraction of sp³-hybridized carbons (Fsp3) is 0.500. The lowest BCUT2D eigenvalue weighted by Crippen LogP contribution is -2.29. The van der Waals surface area contributed by atoms with Crippen LogP contribution in [0.2, 0.25) is 10.0 Å². The molecule has 4 nitrogen and oxygen atoms in total. The molecule has 0 amide bonds. The van der Waals surface area contributed by atoms with Gasteiger partial charge in [-0.3, -0.25) is 0 Å². The lowest BCUT2D eigenvalue weighted by Gasteiger charge is -2.13. The molecule has 0 radical (unpaired) electrons. The van der Waals surface area contributed by atoms with Gasteiger partial charge in [-0.2, -0.15) is 11.8 Å². The number of sulfonamides is 1. The van der Waals surface area contributed by atoms with Gasteiger partial charge in [-0.1, -0.05) is 23.2 Å². The van der Waals surface area contributed by atoms with Crippen LogP contribution in [0.3, 0.4) is 0 Å². The van der Waals surface area contributed by atoms with Gasteiger partial charge in [-0.15, -0.1) is 0 Å². The normalized spacial score (nSPS) is 19.4. The summed E-state index contributed by atoms with van der Waals surface area (Å²) in [4.78, 5) is 0.0367. The molecule has 0 aliphatic carbocycles. The molecular formula is C12H16Cl2N2O2S2. The number of nitrogens with two attached hydrogens (primary N) is 1. The van der Waals surface area contributed by atoms with Crippen LogP contribution in [0.25, 0.3) is 0 Å². The van der Waals surface area contributed by atoms with Gasteiger partial charge in [-0.05, 0) is 41.5 Å². The van der Waals surface area contributed by atoms with Crippen molar-refractivity contribution in [2.45, 2.75) is 17.9 Å². The average Bonchev–Trinajstić information content (AvgIpc) is 2.89. The van der Waals surface area contributed by atoms with Crippen LogP contribution >= 0.6 is 35.0 Å². The van der Waals surface area contributed by atoms with E-state index in [0.717, 1.165) is 17.9 Å². The van der Waals surface area contributed by atoms with Crippen LogP contribution < -0.4 is 10.5 Å². The molecule has 1 aromatic carbocycles. The zero-order chi connectivity index (χ0) is 14.8. The number of halogens is 2. The maximum absolute atomic E-state index is 12.3. The summed E-state index contributed by atoms with van der Waals surface area (Å²) in [5.74, 6) is 2.46. The maximum atomic E-state index is 12.3. The van der Waals surface area contributed by atoms with Crippen LogP contribution in [0.4, 0.5) is 0 Å². The Balaban J connectivity index is 2.19. The topological polar surface area (TPSA) is 72.2 Å². The van der Waals surface area contributed by atoms with Crippen molar-refractivity contribution in [1.29, 1.82) is 0 Å². The molecule has 1 aliphatic rings. The lowest BCUT2D eigenvalue weighted by molar-refractivity contribution is 0.546. The molecule has 0 spiro atoms. The minimum absolute atomic E-state index is 0.0367. The van der Waals surface area contributed by atoms with Crippen LogP contribution in [0.15, 0.2) is 17.0 Å². The second-order valence-electron chi connectivity index (χ2n) is 4.66. The second kappa shape index (κ2) is 6.85. The Morgan fingerprint density at radius 2 is 2.10 bits per heavy atom. The quantitative estimate of drug-likeness (QED) is 0.851. The molecule has 1 atom stereocenters. The molecule has 1 heterocycles. The summed E-state index contributed by atoms with van der Waals surface area (Å²) < 4.78 is 27.2. The molecule has 1 saturated heterocycles. The number of hydrogen-bond acceptors (Lipinski definition) is 4. The minimum Gasteiger partial charge on any atom is -0.326 e. The van der Waals surface area contributed by atoms with Gasteiger partial charge in [0, 0.05) is 18.1 Å². The van der Waals surface area contributed by atoms with E-state index in [4.69, 9.17) is 28.9 Å². The Labute approximate surface area is 133 Å². The molecule has 0 bridgehead atoms. The summed E-state index contributed by atoms with van der Waals surface area (Å²) in [6.45, 7) is 0.601. The Kier molecular flexibility index (Phi) is 5.62. The van der Waals surface area contributed by atoms with E-state index in [9.17, 15) is 8.42 Å². The van der Waals surface area contributed by atoms with Crippen molar-refractivity contribution < 1.29 is 8.42 Å². The van der Waals surface area contributed by atoms with Gasteiger partial charge in [-0.25, -0.2) is 13.1 Å². The van der Waals surface area contributed by atoms with Crippen LogP contribution in [-0.4, -0.2) is 26.5 Å². The van der Waals surface area contributed by atoms with Crippen molar-refractivity contribution in [1.82, 2.24) is 4.72 Å². The molecule has 2 rings (SSSR count). The first-order valence-corrected chi connectivity index (χ1v) is 9.59. The van der Waals surface area contributed by atoms with E-state index < -0.39 is 10.0 Å². The lowest BCUT2D eigenvalue weighted by atomic mass is 10.1. The average molecular weight is 355 g/mol. The highest BCUT2D eigenvalue weighted by Crippen LogP contribution is 2.29. The van der Waals surface area contributed by atoms with Crippen LogP contribution in [-0.2, 0) is 16.6 Å². The van der Waals surface area contributed by atoms with E-state index in [1.165, 1.54) is 12.1 Å². The van der Waals surface area contributed by atoms with Crippen molar-refractivity contribution in [3.8, 4) is 0 Å². The number of rotatable bonds is 5. The molecule has 0 saturated carbocycles. The molecule has 1 aliphatic heterocycles. The second-order valence-corrected chi connectivity index (χ2v) is 8.36. The fourth-order valence-electron chi connectivity index (χ4n) is 1.98. The molecule has 0 aromatic heterocycles. The largest absolute Gasteiger partial charge is 0.326 e. The number of nitrogens with one attached hydrogen (secondary N) is 1. The van der Waals surface area contributed by atoms with Gasteiger partial charge >= 0.3 is 0 Å². The van der Waals surface area contributed by atoms with Gasteiger partial charge in [0.2, 0.25) is 10.0 Å². The first kappa shape index (κ1) is 16.4. The van der Waals surface area contributed by atoms with Gasteiger partial charge in [0.15, 0.2) is 0 Å². The van der Waals surface area contributed by atoms with E-state index in [1.54, 1.807) is 0 Å². The van der Waals surface area contributed by atoms with Crippen LogP contribution in [0.1, 0.15) is 12.0 Å². The zero-order valence-corrected chi connectivity index (χ0v) is 13.9. The Morgan fingerprint density at radius 3 is 2.70 bits per heavy atom. The predicted octanol–water partition coefficient (Wildman–Crippen LogP) is 2.48. The highest BCUT2D eigenvalue weighted by molar-refractivity contribution is 7.99. The SMILES string of the molecule is NCc1cc(S(=O)(=O)NCC2CCSC2)c(Cl)cc1Cl. The smallest absolute Gasteiger partial charge is 0.242 e. The number of thioether (sulfide) groups is 1. The van der Waals surface area contributed by atoms with E-state index in [2.05, 4.69) is 4.72 Å². The van der Waals surface area contributed by atoms with Crippen LogP contribution in [0, 0.1) is 5.92 Å². The van der Waals surface area contributed by atoms with Gasteiger partial charge in [0.1, 0.15) is 4.90 Å². The molecule has 1 aromatic rings. The van der Waals surface area contributed by atoms with E-state index in [0.29, 0.717) is 23.0 Å². The summed E-state index contributed by atoms with van der Waals surface area (Å²) in [6, 6.07) is 2.86. The van der Waals surface area contributed by atoms with Crippen LogP contribution in [0.5, 0.6) is 0 Å². The fourth-order valence-corrected chi connectivity index (χ4v) is 5.26. The molecular weight excluding hydrogens is 339 g/mol. The van der Waals surface area contributed by atoms with E-state index in [1.807, 2.05) is 11.8 Å². The van der Waals surface area contributed by atoms with Crippen molar-refractivity contribution in [2.75, 3.05) is 18.1 Å².